The topological polar surface area (TPSA) is 57.5 Å². The molecule has 2 rings (SSSR count). The highest BCUT2D eigenvalue weighted by Crippen LogP contribution is 2.18. The molecule has 23 heavy (non-hydrogen) atoms. The Morgan fingerprint density at radius 1 is 1.26 bits per heavy atom. The van der Waals surface area contributed by atoms with Crippen molar-refractivity contribution in [1.82, 2.24) is 4.57 Å². The van der Waals surface area contributed by atoms with Crippen molar-refractivity contribution in [2.24, 2.45) is 0 Å². The molecule has 0 aliphatic rings. The van der Waals surface area contributed by atoms with E-state index in [0.29, 0.717) is 6.42 Å². The van der Waals surface area contributed by atoms with Crippen LogP contribution in [-0.4, -0.2) is 24.3 Å². The molecule has 0 spiro atoms. The van der Waals surface area contributed by atoms with Gasteiger partial charge in [0.2, 0.25) is 0 Å². The molecule has 1 unspecified atom stereocenters. The summed E-state index contributed by atoms with van der Waals surface area (Å²) in [7, 11) is 1.43. The van der Waals surface area contributed by atoms with Crippen molar-refractivity contribution in [3.05, 3.63) is 63.0 Å². The molecular weight excluding hydrogens is 362 g/mol. The minimum atomic E-state index is -0.737. The zero-order valence-electron chi connectivity index (χ0n) is 13.0. The van der Waals surface area contributed by atoms with Crippen LogP contribution in [0, 0.1) is 0 Å². The first-order valence-corrected chi connectivity index (χ1v) is 8.02. The van der Waals surface area contributed by atoms with Gasteiger partial charge in [-0.2, -0.15) is 0 Å². The second kappa shape index (κ2) is 7.97. The largest absolute Gasteiger partial charge is 0.491 e. The molecule has 0 bridgehead atoms. The van der Waals surface area contributed by atoms with E-state index in [1.54, 1.807) is 25.3 Å². The Labute approximate surface area is 143 Å². The number of pyridine rings is 1. The molecule has 0 fully saturated rings. The summed E-state index contributed by atoms with van der Waals surface area (Å²) in [6, 6.07) is 10.1. The molecule has 122 valence electrons. The molecule has 1 aromatic heterocycles. The molecule has 1 heterocycles. The molecule has 0 saturated carbocycles. The van der Waals surface area contributed by atoms with Gasteiger partial charge in [-0.1, -0.05) is 28.1 Å². The maximum absolute atomic E-state index is 12.4. The quantitative estimate of drug-likeness (QED) is 0.724. The molecule has 0 radical (unpaired) electrons. The number of carbonyl (C=O) groups is 1. The lowest BCUT2D eigenvalue weighted by molar-refractivity contribution is -0.147. The number of ether oxygens (including phenoxy) is 2. The van der Waals surface area contributed by atoms with Crippen LogP contribution in [0.4, 0.5) is 0 Å². The molecule has 0 saturated heterocycles. The number of esters is 1. The highest BCUT2D eigenvalue weighted by molar-refractivity contribution is 9.10. The van der Waals surface area contributed by atoms with E-state index in [1.807, 2.05) is 24.3 Å². The Kier molecular flexibility index (Phi) is 5.98. The fourth-order valence-electron chi connectivity index (χ4n) is 2.27. The van der Waals surface area contributed by atoms with Crippen LogP contribution >= 0.6 is 15.9 Å². The van der Waals surface area contributed by atoms with Crippen molar-refractivity contribution in [2.75, 3.05) is 13.7 Å². The number of methoxy groups -OCH3 is 1. The van der Waals surface area contributed by atoms with Gasteiger partial charge in [0.25, 0.3) is 5.56 Å². The zero-order chi connectivity index (χ0) is 16.8. The average molecular weight is 380 g/mol. The Morgan fingerprint density at radius 2 is 1.96 bits per heavy atom. The Bertz CT molecular complexity index is 724. The van der Waals surface area contributed by atoms with Gasteiger partial charge in [0, 0.05) is 17.1 Å². The van der Waals surface area contributed by atoms with Gasteiger partial charge in [-0.25, -0.2) is 4.79 Å². The predicted molar refractivity (Wildman–Crippen MR) is 90.8 cm³/mol. The van der Waals surface area contributed by atoms with Gasteiger partial charge in [0.05, 0.1) is 13.7 Å². The van der Waals surface area contributed by atoms with Crippen LogP contribution in [0.5, 0.6) is 5.75 Å². The van der Waals surface area contributed by atoms with Crippen LogP contribution in [0.15, 0.2) is 51.9 Å². The fraction of sp³-hybridized carbons (Fsp3) is 0.294. The van der Waals surface area contributed by atoms with E-state index in [9.17, 15) is 9.59 Å². The van der Waals surface area contributed by atoms with E-state index in [0.717, 1.165) is 10.0 Å². The third kappa shape index (κ3) is 4.22. The van der Waals surface area contributed by atoms with Crippen LogP contribution in [0.3, 0.4) is 0 Å². The second-order valence-electron chi connectivity index (χ2n) is 4.89. The first-order chi connectivity index (χ1) is 11.1. The van der Waals surface area contributed by atoms with E-state index in [1.165, 1.54) is 11.7 Å². The van der Waals surface area contributed by atoms with E-state index < -0.39 is 12.0 Å². The van der Waals surface area contributed by atoms with E-state index in [2.05, 4.69) is 15.9 Å². The van der Waals surface area contributed by atoms with Crippen molar-refractivity contribution in [2.45, 2.75) is 19.4 Å². The van der Waals surface area contributed by atoms with Crippen LogP contribution in [0.25, 0.3) is 0 Å². The number of benzene rings is 1. The molecule has 0 aliphatic carbocycles. The Hall–Kier alpha value is -2.08. The molecule has 0 aliphatic heterocycles. The van der Waals surface area contributed by atoms with Crippen molar-refractivity contribution in [3.8, 4) is 5.75 Å². The Morgan fingerprint density at radius 3 is 2.57 bits per heavy atom. The van der Waals surface area contributed by atoms with Gasteiger partial charge < -0.3 is 9.47 Å². The monoisotopic (exact) mass is 379 g/mol. The summed E-state index contributed by atoms with van der Waals surface area (Å²) in [5.74, 6) is -0.247. The van der Waals surface area contributed by atoms with Crippen LogP contribution in [0.1, 0.15) is 18.5 Å². The zero-order valence-corrected chi connectivity index (χ0v) is 14.6. The minimum absolute atomic E-state index is 0.192. The second-order valence-corrected chi connectivity index (χ2v) is 5.80. The van der Waals surface area contributed by atoms with Gasteiger partial charge >= 0.3 is 5.97 Å². The van der Waals surface area contributed by atoms with Crippen LogP contribution in [-0.2, 0) is 16.0 Å². The van der Waals surface area contributed by atoms with Gasteiger partial charge in [-0.3, -0.25) is 9.36 Å². The molecule has 2 aromatic rings. The van der Waals surface area contributed by atoms with Crippen molar-refractivity contribution in [3.63, 3.8) is 0 Å². The highest BCUT2D eigenvalue weighted by atomic mass is 79.9. The van der Waals surface area contributed by atoms with Gasteiger partial charge in [-0.15, -0.1) is 0 Å². The first-order valence-electron chi connectivity index (χ1n) is 7.23. The van der Waals surface area contributed by atoms with Crippen molar-refractivity contribution < 1.29 is 14.3 Å². The van der Waals surface area contributed by atoms with Gasteiger partial charge in [-0.05, 0) is 36.8 Å². The lowest BCUT2D eigenvalue weighted by atomic mass is 10.1. The SMILES string of the molecule is CCOC(=O)C(Cc1ccc(Br)cc1)n1cccc(OC)c1=O. The lowest BCUT2D eigenvalue weighted by Gasteiger charge is -2.19. The number of hydrogen-bond acceptors (Lipinski definition) is 4. The van der Waals surface area contributed by atoms with Crippen molar-refractivity contribution in [1.29, 1.82) is 0 Å². The third-order valence-electron chi connectivity index (χ3n) is 3.40. The number of carbonyl (C=O) groups excluding carboxylic acids is 1. The van der Waals surface area contributed by atoms with Crippen LogP contribution < -0.4 is 10.3 Å². The normalized spacial score (nSPS) is 11.8. The Balaban J connectivity index is 2.40. The summed E-state index contributed by atoms with van der Waals surface area (Å²) < 4.78 is 12.5. The molecule has 0 N–H and O–H groups in total. The van der Waals surface area contributed by atoms with Gasteiger partial charge in [0.15, 0.2) is 5.75 Å². The highest BCUT2D eigenvalue weighted by Gasteiger charge is 2.24. The minimum Gasteiger partial charge on any atom is -0.491 e. The maximum Gasteiger partial charge on any atom is 0.329 e. The van der Waals surface area contributed by atoms with E-state index in [-0.39, 0.29) is 17.9 Å². The summed E-state index contributed by atoms with van der Waals surface area (Å²) in [5, 5.41) is 0. The van der Waals surface area contributed by atoms with Crippen molar-refractivity contribution >= 4 is 21.9 Å². The summed E-state index contributed by atoms with van der Waals surface area (Å²) in [6.07, 6.45) is 1.94. The molecule has 6 heteroatoms. The summed E-state index contributed by atoms with van der Waals surface area (Å²) >= 11 is 3.38. The molecule has 5 nitrogen and oxygen atoms in total. The standard InChI is InChI=1S/C17H18BrNO4/c1-3-23-17(21)14(11-12-6-8-13(18)9-7-12)19-10-4-5-15(22-2)16(19)20/h4-10,14H,3,11H2,1-2H3. The van der Waals surface area contributed by atoms with Gasteiger partial charge in [0.1, 0.15) is 6.04 Å². The summed E-state index contributed by atoms with van der Waals surface area (Å²) in [4.78, 5) is 24.8. The third-order valence-corrected chi connectivity index (χ3v) is 3.92. The number of hydrogen-bond donors (Lipinski definition) is 0. The maximum atomic E-state index is 12.4. The average Bonchev–Trinajstić information content (AvgIpc) is 2.55. The fourth-order valence-corrected chi connectivity index (χ4v) is 2.53. The molecule has 0 amide bonds. The predicted octanol–water partition coefficient (Wildman–Crippen LogP) is 2.97. The summed E-state index contributed by atoms with van der Waals surface area (Å²) in [5.41, 5.74) is 0.575. The van der Waals surface area contributed by atoms with E-state index >= 15 is 0 Å². The lowest BCUT2D eigenvalue weighted by Crippen LogP contribution is -2.32. The first kappa shape index (κ1) is 17.3. The summed E-state index contributed by atoms with van der Waals surface area (Å²) in [6.45, 7) is 2.00. The number of halogens is 1. The van der Waals surface area contributed by atoms with E-state index in [4.69, 9.17) is 9.47 Å². The smallest absolute Gasteiger partial charge is 0.329 e. The van der Waals surface area contributed by atoms with Crippen LogP contribution in [0.2, 0.25) is 0 Å². The molecular formula is C17H18BrNO4. The molecule has 1 aromatic carbocycles. The molecule has 1 atom stereocenters. The number of rotatable bonds is 6. The number of aromatic nitrogens is 1. The number of nitrogens with zero attached hydrogens (tertiary/aromatic N) is 1.